The van der Waals surface area contributed by atoms with Gasteiger partial charge in [0.1, 0.15) is 5.82 Å². The van der Waals surface area contributed by atoms with Gasteiger partial charge in [0.2, 0.25) is 5.91 Å². The predicted octanol–water partition coefficient (Wildman–Crippen LogP) is 3.67. The van der Waals surface area contributed by atoms with Crippen LogP contribution in [0.25, 0.3) is 0 Å². The summed E-state index contributed by atoms with van der Waals surface area (Å²) in [5.74, 6) is 1.02. The van der Waals surface area contributed by atoms with E-state index in [1.54, 1.807) is 42.9 Å². The van der Waals surface area contributed by atoms with Crippen LogP contribution in [-0.2, 0) is 10.2 Å². The predicted molar refractivity (Wildman–Crippen MR) is 130 cm³/mol. The van der Waals surface area contributed by atoms with Gasteiger partial charge in [-0.1, -0.05) is 0 Å². The normalized spacial score (nSPS) is 23.1. The highest BCUT2D eigenvalue weighted by Gasteiger charge is 2.47. The number of fused-ring (bicyclic) bond motifs is 2. The number of hydrogen-bond donors (Lipinski definition) is 0. The number of nitrogens with zero attached hydrogens (tertiary/aromatic N) is 4. The SMILES string of the molecule is CN(C)C(=O)N1CC2(CCN(C3CCN(C(=O)C4=CSCC4)CC3)CC2)c2cc(F)ccc21. The number of benzene rings is 1. The highest BCUT2D eigenvalue weighted by Crippen LogP contribution is 2.48. The van der Waals surface area contributed by atoms with Crippen LogP contribution in [0, 0.1) is 5.82 Å². The van der Waals surface area contributed by atoms with E-state index >= 15 is 0 Å². The fraction of sp³-hybridized carbons (Fsp3) is 0.600. The van der Waals surface area contributed by atoms with E-state index in [0.717, 1.165) is 80.9 Å². The van der Waals surface area contributed by atoms with Gasteiger partial charge in [0.05, 0.1) is 0 Å². The molecule has 1 aromatic carbocycles. The van der Waals surface area contributed by atoms with Gasteiger partial charge < -0.3 is 14.7 Å². The summed E-state index contributed by atoms with van der Waals surface area (Å²) < 4.78 is 14.2. The summed E-state index contributed by atoms with van der Waals surface area (Å²) in [5.41, 5.74) is 2.64. The van der Waals surface area contributed by atoms with Crippen molar-refractivity contribution in [2.45, 2.75) is 43.6 Å². The molecule has 0 saturated carbocycles. The number of anilines is 1. The lowest BCUT2D eigenvalue weighted by molar-refractivity contribution is -0.128. The third-order valence-corrected chi connectivity index (χ3v) is 8.80. The number of amides is 3. The number of rotatable bonds is 2. The zero-order chi connectivity index (χ0) is 23.2. The molecule has 8 heteroatoms. The van der Waals surface area contributed by atoms with Gasteiger partial charge in [-0.3, -0.25) is 9.69 Å². The largest absolute Gasteiger partial charge is 0.339 e. The molecule has 4 heterocycles. The van der Waals surface area contributed by atoms with Crippen molar-refractivity contribution >= 4 is 29.4 Å². The molecule has 4 aliphatic rings. The van der Waals surface area contributed by atoms with E-state index in [1.165, 1.54) is 6.07 Å². The fourth-order valence-electron chi connectivity index (χ4n) is 5.98. The van der Waals surface area contributed by atoms with E-state index in [2.05, 4.69) is 4.90 Å². The van der Waals surface area contributed by atoms with Gasteiger partial charge in [-0.2, -0.15) is 0 Å². The molecule has 1 spiro atoms. The van der Waals surface area contributed by atoms with Gasteiger partial charge in [0.15, 0.2) is 0 Å². The summed E-state index contributed by atoms with van der Waals surface area (Å²) >= 11 is 1.74. The van der Waals surface area contributed by atoms with Crippen LogP contribution in [0.5, 0.6) is 0 Å². The average molecular weight is 473 g/mol. The summed E-state index contributed by atoms with van der Waals surface area (Å²) in [6.45, 7) is 4.16. The summed E-state index contributed by atoms with van der Waals surface area (Å²) in [5, 5.41) is 2.03. The van der Waals surface area contributed by atoms with Crippen molar-refractivity contribution in [1.82, 2.24) is 14.7 Å². The maximum Gasteiger partial charge on any atom is 0.323 e. The zero-order valence-electron chi connectivity index (χ0n) is 19.6. The lowest BCUT2D eigenvalue weighted by Gasteiger charge is -2.45. The molecule has 0 bridgehead atoms. The standard InChI is InChI=1S/C25H33FN4O2S/c1-27(2)24(32)30-17-25(21-15-19(26)3-4-22(21)30)8-12-28(13-9-25)20-5-10-29(11-6-20)23(31)18-7-14-33-16-18/h3-4,15-16,20H,5-14,17H2,1-2H3. The van der Waals surface area contributed by atoms with Crippen molar-refractivity contribution in [2.75, 3.05) is 57.5 Å². The molecule has 178 valence electrons. The second kappa shape index (κ2) is 8.95. The van der Waals surface area contributed by atoms with Crippen molar-refractivity contribution in [3.63, 3.8) is 0 Å². The Bertz CT molecular complexity index is 965. The van der Waals surface area contributed by atoms with Crippen molar-refractivity contribution in [2.24, 2.45) is 0 Å². The van der Waals surface area contributed by atoms with Crippen molar-refractivity contribution < 1.29 is 14.0 Å². The lowest BCUT2D eigenvalue weighted by Crippen LogP contribution is -2.53. The number of piperidine rings is 2. The molecule has 0 radical (unpaired) electrons. The maximum absolute atomic E-state index is 14.2. The van der Waals surface area contributed by atoms with Crippen LogP contribution in [0.2, 0.25) is 0 Å². The molecule has 0 atom stereocenters. The van der Waals surface area contributed by atoms with E-state index in [0.29, 0.717) is 12.6 Å². The van der Waals surface area contributed by atoms with Crippen LogP contribution in [0.4, 0.5) is 14.9 Å². The van der Waals surface area contributed by atoms with Crippen molar-refractivity contribution in [3.05, 3.63) is 40.6 Å². The van der Waals surface area contributed by atoms with Crippen LogP contribution in [-0.4, -0.2) is 85.3 Å². The molecule has 0 aliphatic carbocycles. The Hall–Kier alpha value is -2.06. The smallest absolute Gasteiger partial charge is 0.323 e. The Morgan fingerprint density at radius 1 is 1.12 bits per heavy atom. The first-order valence-corrected chi connectivity index (χ1v) is 13.1. The molecular weight excluding hydrogens is 439 g/mol. The van der Waals surface area contributed by atoms with Crippen LogP contribution in [0.3, 0.4) is 0 Å². The Labute approximate surface area is 199 Å². The highest BCUT2D eigenvalue weighted by atomic mass is 32.2. The number of thioether (sulfide) groups is 1. The highest BCUT2D eigenvalue weighted by molar-refractivity contribution is 8.02. The summed E-state index contributed by atoms with van der Waals surface area (Å²) in [7, 11) is 3.52. The molecule has 0 N–H and O–H groups in total. The van der Waals surface area contributed by atoms with Gasteiger partial charge in [-0.25, -0.2) is 9.18 Å². The molecule has 2 fully saturated rings. The third kappa shape index (κ3) is 4.16. The van der Waals surface area contributed by atoms with Gasteiger partial charge in [0, 0.05) is 62.2 Å². The fourth-order valence-corrected chi connectivity index (χ4v) is 6.86. The van der Waals surface area contributed by atoms with Gasteiger partial charge >= 0.3 is 6.03 Å². The van der Waals surface area contributed by atoms with Crippen molar-refractivity contribution in [3.8, 4) is 0 Å². The average Bonchev–Trinajstić information content (AvgIpc) is 3.46. The van der Waals surface area contributed by atoms with E-state index in [-0.39, 0.29) is 23.2 Å². The molecule has 5 rings (SSSR count). The number of hydrogen-bond acceptors (Lipinski definition) is 4. The van der Waals surface area contributed by atoms with E-state index in [9.17, 15) is 14.0 Å². The Balaban J connectivity index is 1.23. The second-order valence-electron chi connectivity index (χ2n) is 10.0. The van der Waals surface area contributed by atoms with Crippen LogP contribution >= 0.6 is 11.8 Å². The van der Waals surface area contributed by atoms with E-state index in [4.69, 9.17) is 0 Å². The first kappa shape index (κ1) is 22.7. The molecule has 1 aromatic rings. The number of halogens is 1. The number of carbonyl (C=O) groups excluding carboxylic acids is 2. The van der Waals surface area contributed by atoms with E-state index < -0.39 is 0 Å². The summed E-state index contributed by atoms with van der Waals surface area (Å²) in [6, 6.07) is 5.31. The lowest BCUT2D eigenvalue weighted by atomic mass is 9.74. The van der Waals surface area contributed by atoms with Crippen LogP contribution in [0.1, 0.15) is 37.7 Å². The molecule has 3 amide bonds. The molecule has 0 unspecified atom stereocenters. The Morgan fingerprint density at radius 2 is 1.85 bits per heavy atom. The molecule has 33 heavy (non-hydrogen) atoms. The molecule has 2 saturated heterocycles. The minimum absolute atomic E-state index is 0.0463. The Morgan fingerprint density at radius 3 is 2.48 bits per heavy atom. The topological polar surface area (TPSA) is 47.1 Å². The first-order chi connectivity index (χ1) is 15.9. The number of carbonyl (C=O) groups is 2. The van der Waals surface area contributed by atoms with Gasteiger partial charge in [-0.15, -0.1) is 11.8 Å². The number of urea groups is 1. The first-order valence-electron chi connectivity index (χ1n) is 12.0. The van der Waals surface area contributed by atoms with Crippen molar-refractivity contribution in [1.29, 1.82) is 0 Å². The second-order valence-corrected chi connectivity index (χ2v) is 11.0. The molecule has 6 nitrogen and oxygen atoms in total. The minimum Gasteiger partial charge on any atom is -0.339 e. The minimum atomic E-state index is -0.234. The third-order valence-electron chi connectivity index (χ3n) is 7.91. The molecule has 4 aliphatic heterocycles. The zero-order valence-corrected chi connectivity index (χ0v) is 20.4. The quantitative estimate of drug-likeness (QED) is 0.659. The Kier molecular flexibility index (Phi) is 6.16. The monoisotopic (exact) mass is 472 g/mol. The molecule has 0 aromatic heterocycles. The number of likely N-dealkylation sites (tertiary alicyclic amines) is 2. The molecular formula is C25H33FN4O2S. The summed E-state index contributed by atoms with van der Waals surface area (Å²) in [6.07, 6.45) is 4.76. The van der Waals surface area contributed by atoms with Crippen LogP contribution in [0.15, 0.2) is 29.2 Å². The van der Waals surface area contributed by atoms with Gasteiger partial charge in [-0.05, 0) is 74.4 Å². The summed E-state index contributed by atoms with van der Waals surface area (Å²) in [4.78, 5) is 33.5. The maximum atomic E-state index is 14.2. The van der Waals surface area contributed by atoms with Gasteiger partial charge in [0.25, 0.3) is 0 Å². The van der Waals surface area contributed by atoms with E-state index in [1.807, 2.05) is 15.2 Å². The van der Waals surface area contributed by atoms with Crippen LogP contribution < -0.4 is 4.90 Å².